The number of hydrogen-bond donors (Lipinski definition) is 0. The second kappa shape index (κ2) is 5.77. The minimum atomic E-state index is 0.490. The van der Waals surface area contributed by atoms with Crippen molar-refractivity contribution in [2.75, 3.05) is 0 Å². The quantitative estimate of drug-likeness (QED) is 0.463. The first-order chi connectivity index (χ1) is 7.34. The van der Waals surface area contributed by atoms with Gasteiger partial charge in [0, 0.05) is 0 Å². The maximum Gasteiger partial charge on any atom is 0.0699 e. The third-order valence-corrected chi connectivity index (χ3v) is 4.12. The molecule has 1 heteroatoms. The van der Waals surface area contributed by atoms with Gasteiger partial charge in [-0.1, -0.05) is 50.1 Å². The summed E-state index contributed by atoms with van der Waals surface area (Å²) in [4.78, 5) is 0. The van der Waals surface area contributed by atoms with Gasteiger partial charge in [-0.15, -0.1) is 0 Å². The molecule has 2 saturated carbocycles. The van der Waals surface area contributed by atoms with E-state index in [-0.39, 0.29) is 0 Å². The predicted molar refractivity (Wildman–Crippen MR) is 67.2 cm³/mol. The smallest absolute Gasteiger partial charge is 0.0699 e. The van der Waals surface area contributed by atoms with Gasteiger partial charge in [0.25, 0.3) is 0 Å². The van der Waals surface area contributed by atoms with Crippen LogP contribution in [0.4, 0.5) is 0 Å². The van der Waals surface area contributed by atoms with E-state index in [2.05, 4.69) is 12.2 Å². The minimum Gasteiger partial charge on any atom is -0.0851 e. The summed E-state index contributed by atoms with van der Waals surface area (Å²) in [5, 5.41) is 0. The highest BCUT2D eigenvalue weighted by Gasteiger charge is 2.16. The fourth-order valence-corrected chi connectivity index (χ4v) is 2.98. The van der Waals surface area contributed by atoms with Gasteiger partial charge in [-0.2, -0.15) is 0 Å². The van der Waals surface area contributed by atoms with E-state index in [1.54, 1.807) is 0 Å². The fraction of sp³-hybridized carbons (Fsp3) is 0.857. The summed E-state index contributed by atoms with van der Waals surface area (Å²) in [5.41, 5.74) is 0. The Morgan fingerprint density at radius 3 is 1.80 bits per heavy atom. The molecular weight excluding hydrogens is 179 g/mol. The topological polar surface area (TPSA) is 0 Å². The normalized spacial score (nSPS) is 34.7. The van der Waals surface area contributed by atoms with Crippen LogP contribution in [0, 0.1) is 11.8 Å². The summed E-state index contributed by atoms with van der Waals surface area (Å²) in [6, 6.07) is 0. The van der Waals surface area contributed by atoms with Gasteiger partial charge in [0.2, 0.25) is 0 Å². The Morgan fingerprint density at radius 2 is 1.20 bits per heavy atom. The van der Waals surface area contributed by atoms with E-state index in [0.717, 1.165) is 11.8 Å². The van der Waals surface area contributed by atoms with Crippen molar-refractivity contribution in [2.24, 2.45) is 11.8 Å². The number of allylic oxidation sites excluding steroid dienone is 2. The zero-order valence-corrected chi connectivity index (χ0v) is 9.83. The molecule has 2 radical (unpaired) electrons. The second-order valence-electron chi connectivity index (χ2n) is 5.46. The summed E-state index contributed by atoms with van der Waals surface area (Å²) < 4.78 is 0. The monoisotopic (exact) mass is 202 g/mol. The molecule has 2 fully saturated rings. The Balaban J connectivity index is 1.73. The molecule has 0 aromatic rings. The van der Waals surface area contributed by atoms with Gasteiger partial charge in [-0.3, -0.25) is 0 Å². The zero-order chi connectivity index (χ0) is 10.5. The zero-order valence-electron chi connectivity index (χ0n) is 9.83. The molecule has 0 unspecified atom stereocenters. The van der Waals surface area contributed by atoms with Crippen LogP contribution >= 0.6 is 0 Å². The molecule has 0 heterocycles. The van der Waals surface area contributed by atoms with Gasteiger partial charge in [-0.25, -0.2) is 0 Å². The van der Waals surface area contributed by atoms with Crippen molar-refractivity contribution in [1.29, 1.82) is 0 Å². The van der Waals surface area contributed by atoms with Crippen LogP contribution in [0.15, 0.2) is 12.2 Å². The highest BCUT2D eigenvalue weighted by Crippen LogP contribution is 2.32. The molecule has 2 aliphatic carbocycles. The van der Waals surface area contributed by atoms with Crippen LogP contribution in [0.3, 0.4) is 0 Å². The second-order valence-corrected chi connectivity index (χ2v) is 5.46. The van der Waals surface area contributed by atoms with Gasteiger partial charge >= 0.3 is 0 Å². The molecular formula is C14H23B. The summed E-state index contributed by atoms with van der Waals surface area (Å²) in [6.07, 6.45) is 17.4. The summed E-state index contributed by atoms with van der Waals surface area (Å²) >= 11 is 0. The molecule has 0 aliphatic heterocycles. The average Bonchev–Trinajstić information content (AvgIpc) is 2.30. The SMILES string of the molecule is [B]C1CCC(/C=C/C2CCCCC2)CC1. The summed E-state index contributed by atoms with van der Waals surface area (Å²) in [7, 11) is 5.91. The Labute approximate surface area is 95.9 Å². The van der Waals surface area contributed by atoms with Crippen molar-refractivity contribution in [3.8, 4) is 0 Å². The third kappa shape index (κ3) is 3.70. The van der Waals surface area contributed by atoms with Gasteiger partial charge < -0.3 is 0 Å². The van der Waals surface area contributed by atoms with E-state index in [0.29, 0.717) is 5.82 Å². The molecule has 0 spiro atoms. The maximum atomic E-state index is 5.91. The molecule has 82 valence electrons. The molecule has 0 amide bonds. The van der Waals surface area contributed by atoms with Gasteiger partial charge in [-0.05, 0) is 37.5 Å². The molecule has 0 bridgehead atoms. The summed E-state index contributed by atoms with van der Waals surface area (Å²) in [5.74, 6) is 2.23. The Morgan fingerprint density at radius 1 is 0.667 bits per heavy atom. The van der Waals surface area contributed by atoms with Crippen LogP contribution in [0.5, 0.6) is 0 Å². The first kappa shape index (κ1) is 11.3. The lowest BCUT2D eigenvalue weighted by Crippen LogP contribution is -2.10. The van der Waals surface area contributed by atoms with Gasteiger partial charge in [0.15, 0.2) is 0 Å². The van der Waals surface area contributed by atoms with Crippen LogP contribution in [0.25, 0.3) is 0 Å². The molecule has 15 heavy (non-hydrogen) atoms. The van der Waals surface area contributed by atoms with Crippen molar-refractivity contribution >= 4 is 7.85 Å². The van der Waals surface area contributed by atoms with Gasteiger partial charge in [0.1, 0.15) is 0 Å². The molecule has 0 N–H and O–H groups in total. The van der Waals surface area contributed by atoms with E-state index in [4.69, 9.17) is 7.85 Å². The van der Waals surface area contributed by atoms with E-state index in [1.807, 2.05) is 0 Å². The lowest BCUT2D eigenvalue weighted by molar-refractivity contribution is 0.401. The fourth-order valence-electron chi connectivity index (χ4n) is 2.98. The first-order valence-corrected chi connectivity index (χ1v) is 6.78. The number of rotatable bonds is 2. The summed E-state index contributed by atoms with van der Waals surface area (Å²) in [6.45, 7) is 0. The largest absolute Gasteiger partial charge is 0.0851 e. The minimum absolute atomic E-state index is 0.490. The standard InChI is InChI=1S/C14H23B/c15-14-10-8-13(9-11-14)7-6-12-4-2-1-3-5-12/h6-7,12-14H,1-5,8-11H2/b7-6+. The molecule has 2 aliphatic rings. The van der Waals surface area contributed by atoms with Gasteiger partial charge in [0.05, 0.1) is 7.85 Å². The van der Waals surface area contributed by atoms with E-state index in [1.165, 1.54) is 57.8 Å². The van der Waals surface area contributed by atoms with Crippen LogP contribution < -0.4 is 0 Å². The van der Waals surface area contributed by atoms with Crippen molar-refractivity contribution in [1.82, 2.24) is 0 Å². The van der Waals surface area contributed by atoms with E-state index < -0.39 is 0 Å². The molecule has 0 atom stereocenters. The molecule has 2 rings (SSSR count). The van der Waals surface area contributed by atoms with E-state index >= 15 is 0 Å². The van der Waals surface area contributed by atoms with Crippen LogP contribution in [0.1, 0.15) is 57.8 Å². The average molecular weight is 202 g/mol. The first-order valence-electron chi connectivity index (χ1n) is 6.78. The third-order valence-electron chi connectivity index (χ3n) is 4.12. The van der Waals surface area contributed by atoms with Crippen LogP contribution in [-0.2, 0) is 0 Å². The highest BCUT2D eigenvalue weighted by molar-refractivity contribution is 6.11. The van der Waals surface area contributed by atoms with Crippen molar-refractivity contribution < 1.29 is 0 Å². The maximum absolute atomic E-state index is 5.91. The highest BCUT2D eigenvalue weighted by atomic mass is 14.2. The molecule has 0 aromatic carbocycles. The van der Waals surface area contributed by atoms with Crippen LogP contribution in [-0.4, -0.2) is 7.85 Å². The van der Waals surface area contributed by atoms with Crippen molar-refractivity contribution in [3.05, 3.63) is 12.2 Å². The Hall–Kier alpha value is -0.195. The van der Waals surface area contributed by atoms with E-state index in [9.17, 15) is 0 Å². The van der Waals surface area contributed by atoms with Crippen molar-refractivity contribution in [2.45, 2.75) is 63.6 Å². The Kier molecular flexibility index (Phi) is 4.35. The lowest BCUT2D eigenvalue weighted by Gasteiger charge is -2.25. The van der Waals surface area contributed by atoms with Crippen LogP contribution in [0.2, 0.25) is 5.82 Å². The molecule has 0 nitrogen and oxygen atoms in total. The lowest BCUT2D eigenvalue weighted by atomic mass is 9.72. The predicted octanol–water partition coefficient (Wildman–Crippen LogP) is 4.27. The number of hydrogen-bond acceptors (Lipinski definition) is 0. The molecule has 0 saturated heterocycles. The molecule has 0 aromatic heterocycles. The Bertz CT molecular complexity index is 195. The van der Waals surface area contributed by atoms with Crippen molar-refractivity contribution in [3.63, 3.8) is 0 Å².